The summed E-state index contributed by atoms with van der Waals surface area (Å²) in [6, 6.07) is 0.342. The first-order chi connectivity index (χ1) is 6.68. The van der Waals surface area contributed by atoms with Crippen molar-refractivity contribution in [3.8, 4) is 0 Å². The van der Waals surface area contributed by atoms with Gasteiger partial charge in [0.1, 0.15) is 0 Å². The number of carbonyl (C=O) groups excluding carboxylic acids is 1. The molecule has 1 saturated carbocycles. The molecular weight excluding hydrogens is 178 g/mol. The molecule has 1 N–H and O–H groups in total. The molecule has 0 aromatic rings. The van der Waals surface area contributed by atoms with E-state index in [0.29, 0.717) is 19.2 Å². The minimum Gasteiger partial charge on any atom is -0.465 e. The Bertz CT molecular complexity index is 176. The molecule has 3 heteroatoms. The molecule has 14 heavy (non-hydrogen) atoms. The summed E-state index contributed by atoms with van der Waals surface area (Å²) in [5.74, 6) is 0.693. The summed E-state index contributed by atoms with van der Waals surface area (Å²) in [5, 5.41) is 3.04. The average molecular weight is 199 g/mol. The highest BCUT2D eigenvalue weighted by Crippen LogP contribution is 2.28. The van der Waals surface area contributed by atoms with Gasteiger partial charge in [-0.3, -0.25) is 4.79 Å². The summed E-state index contributed by atoms with van der Waals surface area (Å²) in [4.78, 5) is 11.2. The summed E-state index contributed by atoms with van der Waals surface area (Å²) in [5.41, 5.74) is 0. The van der Waals surface area contributed by atoms with E-state index < -0.39 is 0 Å². The summed E-state index contributed by atoms with van der Waals surface area (Å²) < 4.78 is 5.10. The maximum atomic E-state index is 11.2. The zero-order chi connectivity index (χ0) is 10.4. The third kappa shape index (κ3) is 4.61. The maximum Gasteiger partial charge on any atom is 0.319 e. The number of esters is 1. The molecule has 0 bridgehead atoms. The van der Waals surface area contributed by atoms with E-state index in [1.807, 2.05) is 13.8 Å². The van der Waals surface area contributed by atoms with E-state index >= 15 is 0 Å². The van der Waals surface area contributed by atoms with Crippen LogP contribution in [-0.2, 0) is 9.53 Å². The number of hydrogen-bond acceptors (Lipinski definition) is 3. The van der Waals surface area contributed by atoms with Crippen molar-refractivity contribution in [3.63, 3.8) is 0 Å². The number of carbonyl (C=O) groups is 1. The van der Waals surface area contributed by atoms with E-state index in [2.05, 4.69) is 5.32 Å². The van der Waals surface area contributed by atoms with Crippen molar-refractivity contribution in [2.75, 3.05) is 13.2 Å². The summed E-state index contributed by atoms with van der Waals surface area (Å²) in [6.07, 6.45) is 5.05. The second-order valence-electron chi connectivity index (χ2n) is 4.34. The van der Waals surface area contributed by atoms with Crippen molar-refractivity contribution in [1.29, 1.82) is 0 Å². The molecule has 0 aromatic heterocycles. The molecule has 0 amide bonds. The molecule has 0 aliphatic heterocycles. The lowest BCUT2D eigenvalue weighted by molar-refractivity contribution is -0.143. The van der Waals surface area contributed by atoms with Crippen LogP contribution in [0.2, 0.25) is 0 Å². The fourth-order valence-corrected chi connectivity index (χ4v) is 1.46. The summed E-state index contributed by atoms with van der Waals surface area (Å²) >= 11 is 0. The van der Waals surface area contributed by atoms with Crippen LogP contribution in [0.15, 0.2) is 0 Å². The molecule has 1 aliphatic carbocycles. The zero-order valence-corrected chi connectivity index (χ0v) is 9.21. The van der Waals surface area contributed by atoms with Crippen molar-refractivity contribution in [3.05, 3.63) is 0 Å². The molecule has 82 valence electrons. The first kappa shape index (κ1) is 11.5. The van der Waals surface area contributed by atoms with Gasteiger partial charge in [-0.15, -0.1) is 0 Å². The van der Waals surface area contributed by atoms with Gasteiger partial charge in [0.15, 0.2) is 0 Å². The maximum absolute atomic E-state index is 11.2. The first-order valence-electron chi connectivity index (χ1n) is 5.57. The molecule has 0 spiro atoms. The Morgan fingerprint density at radius 3 is 2.71 bits per heavy atom. The molecule has 0 radical (unpaired) electrons. The van der Waals surface area contributed by atoms with Gasteiger partial charge in [0.2, 0.25) is 0 Å². The Balaban J connectivity index is 1.91. The van der Waals surface area contributed by atoms with Gasteiger partial charge in [-0.05, 0) is 12.3 Å². The third-order valence-electron chi connectivity index (χ3n) is 2.67. The topological polar surface area (TPSA) is 38.3 Å². The minimum atomic E-state index is -0.127. The highest BCUT2D eigenvalue weighted by atomic mass is 16.5. The Kier molecular flexibility index (Phi) is 4.94. The Hall–Kier alpha value is -0.570. The molecule has 0 unspecified atom stereocenters. The summed E-state index contributed by atoms with van der Waals surface area (Å²) in [7, 11) is 0. The van der Waals surface area contributed by atoms with Crippen LogP contribution in [0.1, 0.15) is 39.5 Å². The van der Waals surface area contributed by atoms with E-state index in [9.17, 15) is 4.79 Å². The molecular formula is C11H21NO2. The fourth-order valence-electron chi connectivity index (χ4n) is 1.46. The van der Waals surface area contributed by atoms with Gasteiger partial charge < -0.3 is 10.1 Å². The van der Waals surface area contributed by atoms with Crippen molar-refractivity contribution >= 4 is 5.97 Å². The SMILES string of the molecule is CC(C)NCC(=O)OCCC1CCC1. The lowest BCUT2D eigenvalue weighted by atomic mass is 9.83. The van der Waals surface area contributed by atoms with E-state index in [1.165, 1.54) is 19.3 Å². The molecule has 1 fully saturated rings. The molecule has 1 rings (SSSR count). The van der Waals surface area contributed by atoms with E-state index in [4.69, 9.17) is 4.74 Å². The predicted molar refractivity (Wildman–Crippen MR) is 56.1 cm³/mol. The summed E-state index contributed by atoms with van der Waals surface area (Å²) in [6.45, 7) is 4.97. The van der Waals surface area contributed by atoms with Crippen molar-refractivity contribution in [2.24, 2.45) is 5.92 Å². The number of hydrogen-bond donors (Lipinski definition) is 1. The Morgan fingerprint density at radius 1 is 1.50 bits per heavy atom. The smallest absolute Gasteiger partial charge is 0.319 e. The predicted octanol–water partition coefficient (Wildman–Crippen LogP) is 1.72. The van der Waals surface area contributed by atoms with Crippen LogP contribution in [0, 0.1) is 5.92 Å². The lowest BCUT2D eigenvalue weighted by Gasteiger charge is -2.24. The van der Waals surface area contributed by atoms with Gasteiger partial charge in [0.25, 0.3) is 0 Å². The highest BCUT2D eigenvalue weighted by molar-refractivity contribution is 5.71. The first-order valence-corrected chi connectivity index (χ1v) is 5.57. The van der Waals surface area contributed by atoms with Crippen molar-refractivity contribution < 1.29 is 9.53 Å². The van der Waals surface area contributed by atoms with Gasteiger partial charge in [-0.25, -0.2) is 0 Å². The second kappa shape index (κ2) is 6.02. The number of rotatable bonds is 6. The van der Waals surface area contributed by atoms with Crippen LogP contribution in [0.25, 0.3) is 0 Å². The largest absolute Gasteiger partial charge is 0.465 e. The van der Waals surface area contributed by atoms with Crippen molar-refractivity contribution in [2.45, 2.75) is 45.6 Å². The molecule has 3 nitrogen and oxygen atoms in total. The molecule has 0 heterocycles. The van der Waals surface area contributed by atoms with Crippen molar-refractivity contribution in [1.82, 2.24) is 5.32 Å². The van der Waals surface area contributed by atoms with Gasteiger partial charge in [0.05, 0.1) is 13.2 Å². The highest BCUT2D eigenvalue weighted by Gasteiger charge is 2.17. The number of ether oxygens (including phenoxy) is 1. The molecule has 0 saturated heterocycles. The monoisotopic (exact) mass is 199 g/mol. The normalized spacial score (nSPS) is 16.8. The van der Waals surface area contributed by atoms with Gasteiger partial charge in [-0.2, -0.15) is 0 Å². The molecule has 0 atom stereocenters. The Labute approximate surface area is 86.2 Å². The van der Waals surface area contributed by atoms with Gasteiger partial charge in [-0.1, -0.05) is 33.1 Å². The van der Waals surface area contributed by atoms with Crippen LogP contribution >= 0.6 is 0 Å². The second-order valence-corrected chi connectivity index (χ2v) is 4.34. The zero-order valence-electron chi connectivity index (χ0n) is 9.21. The van der Waals surface area contributed by atoms with Gasteiger partial charge >= 0.3 is 5.97 Å². The van der Waals surface area contributed by atoms with E-state index in [0.717, 1.165) is 12.3 Å². The van der Waals surface area contributed by atoms with E-state index in [1.54, 1.807) is 0 Å². The average Bonchev–Trinajstić information content (AvgIpc) is 2.06. The third-order valence-corrected chi connectivity index (χ3v) is 2.67. The lowest BCUT2D eigenvalue weighted by Crippen LogP contribution is -2.30. The van der Waals surface area contributed by atoms with Gasteiger partial charge in [0, 0.05) is 6.04 Å². The van der Waals surface area contributed by atoms with E-state index in [-0.39, 0.29) is 5.97 Å². The van der Waals surface area contributed by atoms with Crippen LogP contribution < -0.4 is 5.32 Å². The minimum absolute atomic E-state index is 0.127. The van der Waals surface area contributed by atoms with Crippen LogP contribution in [0.4, 0.5) is 0 Å². The van der Waals surface area contributed by atoms with Crippen LogP contribution in [0.5, 0.6) is 0 Å². The standard InChI is InChI=1S/C11H21NO2/c1-9(2)12-8-11(13)14-7-6-10-4-3-5-10/h9-10,12H,3-8H2,1-2H3. The fraction of sp³-hybridized carbons (Fsp3) is 0.909. The quantitative estimate of drug-likeness (QED) is 0.662. The molecule has 1 aliphatic rings. The molecule has 0 aromatic carbocycles. The van der Waals surface area contributed by atoms with Crippen LogP contribution in [0.3, 0.4) is 0 Å². The Morgan fingerprint density at radius 2 is 2.21 bits per heavy atom. The number of nitrogens with one attached hydrogen (secondary N) is 1. The van der Waals surface area contributed by atoms with Crippen LogP contribution in [-0.4, -0.2) is 25.2 Å².